The quantitative estimate of drug-likeness (QED) is 0.662. The Bertz CT molecular complexity index is 956. The number of likely N-dealkylation sites (tertiary alicyclic amines) is 1. The summed E-state index contributed by atoms with van der Waals surface area (Å²) < 4.78 is 47.9. The molecule has 0 radical (unpaired) electrons. The van der Waals surface area contributed by atoms with E-state index in [2.05, 4.69) is 9.72 Å². The highest BCUT2D eigenvalue weighted by molar-refractivity contribution is 5.94. The minimum absolute atomic E-state index is 0.0677. The number of alkyl halides is 3. The summed E-state index contributed by atoms with van der Waals surface area (Å²) in [6, 6.07) is 8.92. The minimum atomic E-state index is -4.91. The van der Waals surface area contributed by atoms with Crippen molar-refractivity contribution in [3.05, 3.63) is 53.2 Å². The normalized spacial score (nSPS) is 14.9. The van der Waals surface area contributed by atoms with Crippen LogP contribution in [0.1, 0.15) is 47.3 Å². The van der Waals surface area contributed by atoms with Gasteiger partial charge in [0.1, 0.15) is 12.4 Å². The lowest BCUT2D eigenvalue weighted by Crippen LogP contribution is -2.36. The van der Waals surface area contributed by atoms with Crippen molar-refractivity contribution in [2.75, 3.05) is 13.1 Å². The number of hydrogen-bond acceptors (Lipinski definition) is 5. The van der Waals surface area contributed by atoms with E-state index < -0.39 is 18.2 Å². The van der Waals surface area contributed by atoms with Gasteiger partial charge in [0.15, 0.2) is 5.78 Å². The van der Waals surface area contributed by atoms with Gasteiger partial charge in [-0.05, 0) is 31.9 Å². The van der Waals surface area contributed by atoms with E-state index in [-0.39, 0.29) is 35.3 Å². The molecule has 0 aliphatic carbocycles. The van der Waals surface area contributed by atoms with Gasteiger partial charge in [0.25, 0.3) is 0 Å². The highest BCUT2D eigenvalue weighted by atomic mass is 19.4. The molecule has 3 rings (SSSR count). The highest BCUT2D eigenvalue weighted by Crippen LogP contribution is 2.30. The summed E-state index contributed by atoms with van der Waals surface area (Å²) in [6.07, 6.45) is -4.61. The molecule has 1 aromatic carbocycles. The first kappa shape index (κ1) is 22.4. The third-order valence-electron chi connectivity index (χ3n) is 5.00. The van der Waals surface area contributed by atoms with E-state index in [1.165, 1.54) is 24.0 Å². The molecule has 166 valence electrons. The molecule has 1 aromatic heterocycles. The van der Waals surface area contributed by atoms with Gasteiger partial charge in [0.05, 0.1) is 0 Å². The first-order chi connectivity index (χ1) is 14.6. The van der Waals surface area contributed by atoms with Crippen LogP contribution in [0, 0.1) is 0 Å². The van der Waals surface area contributed by atoms with Crippen molar-refractivity contribution in [1.29, 1.82) is 0 Å². The van der Waals surface area contributed by atoms with E-state index in [1.54, 1.807) is 12.1 Å². The van der Waals surface area contributed by atoms with Gasteiger partial charge in [-0.15, -0.1) is 13.2 Å². The number of carboxylic acid groups (broad SMARTS) is 1. The van der Waals surface area contributed by atoms with E-state index >= 15 is 0 Å². The van der Waals surface area contributed by atoms with Gasteiger partial charge >= 0.3 is 12.5 Å². The van der Waals surface area contributed by atoms with Crippen LogP contribution in [-0.4, -0.2) is 46.3 Å². The fourth-order valence-electron chi connectivity index (χ4n) is 3.37. The van der Waals surface area contributed by atoms with Crippen molar-refractivity contribution in [2.24, 2.45) is 0 Å². The fraction of sp³-hybridized carbons (Fsp3) is 0.381. The number of nitrogens with zero attached hydrogens (tertiary/aromatic N) is 2. The Labute approximate surface area is 176 Å². The van der Waals surface area contributed by atoms with Crippen molar-refractivity contribution in [3.63, 3.8) is 0 Å². The molecule has 0 unspecified atom stereocenters. The number of amides is 1. The van der Waals surface area contributed by atoms with Crippen LogP contribution in [0.15, 0.2) is 36.4 Å². The van der Waals surface area contributed by atoms with Crippen LogP contribution in [0.5, 0.6) is 11.6 Å². The molecule has 0 saturated carbocycles. The molecule has 10 heteroatoms. The topological polar surface area (TPSA) is 89.0 Å². The van der Waals surface area contributed by atoms with Crippen LogP contribution < -0.4 is 9.47 Å². The summed E-state index contributed by atoms with van der Waals surface area (Å²) in [7, 11) is 0. The second-order valence-electron chi connectivity index (χ2n) is 7.16. The van der Waals surface area contributed by atoms with E-state index in [0.29, 0.717) is 25.9 Å². The molecular formula is C21H21F3N2O5. The molecular weight excluding hydrogens is 417 g/mol. The van der Waals surface area contributed by atoms with Crippen molar-refractivity contribution in [2.45, 2.75) is 38.7 Å². The first-order valence-electron chi connectivity index (χ1n) is 9.59. The first-order valence-corrected chi connectivity index (χ1v) is 9.59. The molecule has 1 aliphatic heterocycles. The number of piperidine rings is 1. The number of Topliss-reactive ketones (excluding diaryl/α,β-unsaturated/α-hetero) is 1. The average Bonchev–Trinajstić information content (AvgIpc) is 2.72. The molecule has 1 aliphatic rings. The molecule has 2 heterocycles. The van der Waals surface area contributed by atoms with Gasteiger partial charge in [0.2, 0.25) is 5.88 Å². The van der Waals surface area contributed by atoms with Gasteiger partial charge in [-0.25, -0.2) is 9.78 Å². The number of ether oxygens (including phenoxy) is 2. The SMILES string of the molecule is CC(=O)c1ccc(COc2cccc(C3CCN(C(=O)O)CC3)n2)c(OC(F)(F)F)c1. The largest absolute Gasteiger partial charge is 0.573 e. The van der Waals surface area contributed by atoms with Crippen LogP contribution in [-0.2, 0) is 6.61 Å². The Morgan fingerprint density at radius 1 is 1.19 bits per heavy atom. The third kappa shape index (κ3) is 6.09. The Hall–Kier alpha value is -3.30. The highest BCUT2D eigenvalue weighted by Gasteiger charge is 2.32. The number of halogens is 3. The number of pyridine rings is 1. The maximum absolute atomic E-state index is 12.8. The number of aromatic nitrogens is 1. The summed E-state index contributed by atoms with van der Waals surface area (Å²) in [5, 5.41) is 9.05. The lowest BCUT2D eigenvalue weighted by Gasteiger charge is -2.29. The summed E-state index contributed by atoms with van der Waals surface area (Å²) in [5.41, 5.74) is 0.946. The van der Waals surface area contributed by atoms with Crippen LogP contribution >= 0.6 is 0 Å². The molecule has 2 aromatic rings. The minimum Gasteiger partial charge on any atom is -0.473 e. The second kappa shape index (κ2) is 9.23. The van der Waals surface area contributed by atoms with E-state index in [1.807, 2.05) is 6.07 Å². The Morgan fingerprint density at radius 2 is 1.90 bits per heavy atom. The number of ketones is 1. The van der Waals surface area contributed by atoms with Gasteiger partial charge in [0, 0.05) is 41.9 Å². The Kier molecular flexibility index (Phi) is 6.67. The second-order valence-corrected chi connectivity index (χ2v) is 7.16. The summed E-state index contributed by atoms with van der Waals surface area (Å²) in [6.45, 7) is 1.83. The van der Waals surface area contributed by atoms with Crippen LogP contribution in [0.3, 0.4) is 0 Å². The zero-order valence-corrected chi connectivity index (χ0v) is 16.7. The summed E-state index contributed by atoms with van der Waals surface area (Å²) in [5.74, 6) is -0.593. The summed E-state index contributed by atoms with van der Waals surface area (Å²) >= 11 is 0. The number of hydrogen-bond donors (Lipinski definition) is 1. The molecule has 7 nitrogen and oxygen atoms in total. The van der Waals surface area contributed by atoms with E-state index in [0.717, 1.165) is 11.8 Å². The lowest BCUT2D eigenvalue weighted by atomic mass is 9.93. The average molecular weight is 438 g/mol. The molecule has 31 heavy (non-hydrogen) atoms. The van der Waals surface area contributed by atoms with Gasteiger partial charge < -0.3 is 19.5 Å². The third-order valence-corrected chi connectivity index (χ3v) is 5.00. The van der Waals surface area contributed by atoms with E-state index in [4.69, 9.17) is 9.84 Å². The fourth-order valence-corrected chi connectivity index (χ4v) is 3.37. The number of carbonyl (C=O) groups is 2. The maximum atomic E-state index is 12.8. The lowest BCUT2D eigenvalue weighted by molar-refractivity contribution is -0.275. The van der Waals surface area contributed by atoms with Crippen molar-refractivity contribution >= 4 is 11.9 Å². The van der Waals surface area contributed by atoms with Gasteiger partial charge in [-0.1, -0.05) is 18.2 Å². The van der Waals surface area contributed by atoms with Crippen LogP contribution in [0.4, 0.5) is 18.0 Å². The molecule has 1 saturated heterocycles. The van der Waals surface area contributed by atoms with E-state index in [9.17, 15) is 22.8 Å². The molecule has 1 N–H and O–H groups in total. The van der Waals surface area contributed by atoms with Crippen LogP contribution in [0.25, 0.3) is 0 Å². The molecule has 0 atom stereocenters. The van der Waals surface area contributed by atoms with Crippen molar-refractivity contribution in [3.8, 4) is 11.6 Å². The van der Waals surface area contributed by atoms with Gasteiger partial charge in [-0.2, -0.15) is 0 Å². The Balaban J connectivity index is 1.71. The summed E-state index contributed by atoms with van der Waals surface area (Å²) in [4.78, 5) is 28.3. The maximum Gasteiger partial charge on any atom is 0.573 e. The van der Waals surface area contributed by atoms with Crippen molar-refractivity contribution < 1.29 is 37.3 Å². The zero-order chi connectivity index (χ0) is 22.6. The molecule has 1 amide bonds. The smallest absolute Gasteiger partial charge is 0.473 e. The molecule has 1 fully saturated rings. The predicted molar refractivity (Wildman–Crippen MR) is 103 cm³/mol. The standard InChI is InChI=1S/C21H21F3N2O5/c1-13(27)15-5-6-16(18(11-15)31-21(22,23)24)12-30-19-4-2-3-17(25-19)14-7-9-26(10-8-14)20(28)29/h2-6,11,14H,7-10,12H2,1H3,(H,28,29). The van der Waals surface area contributed by atoms with Crippen molar-refractivity contribution in [1.82, 2.24) is 9.88 Å². The van der Waals surface area contributed by atoms with Gasteiger partial charge in [-0.3, -0.25) is 4.79 Å². The molecule has 0 spiro atoms. The zero-order valence-electron chi connectivity index (χ0n) is 16.7. The predicted octanol–water partition coefficient (Wildman–Crippen LogP) is 4.62. The number of rotatable bonds is 6. The number of benzene rings is 1. The number of carbonyl (C=O) groups excluding carboxylic acids is 1. The van der Waals surface area contributed by atoms with Crippen LogP contribution in [0.2, 0.25) is 0 Å². The Morgan fingerprint density at radius 3 is 2.52 bits per heavy atom. The monoisotopic (exact) mass is 438 g/mol. The molecule has 0 bridgehead atoms.